The van der Waals surface area contributed by atoms with Crippen LogP contribution in [-0.4, -0.2) is 45.0 Å². The second-order valence-electron chi connectivity index (χ2n) is 6.74. The maximum atomic E-state index is 12.8. The largest absolute Gasteiger partial charge is 0.497 e. The molecule has 2 aromatic carbocycles. The number of rotatable bonds is 10. The highest BCUT2D eigenvalue weighted by Gasteiger charge is 2.17. The second-order valence-corrected chi connectivity index (χ2v) is 9.93. The molecular weight excluding hydrogens is 448 g/mol. The van der Waals surface area contributed by atoms with Crippen molar-refractivity contribution in [3.63, 3.8) is 0 Å². The minimum absolute atomic E-state index is 0.0527. The molecule has 9 heteroatoms. The molecule has 1 aromatic heterocycles. The lowest BCUT2D eigenvalue weighted by atomic mass is 10.2. The lowest BCUT2D eigenvalue weighted by molar-refractivity contribution is 0.0947. The number of methoxy groups -OCH3 is 2. The molecule has 32 heavy (non-hydrogen) atoms. The Bertz CT molecular complexity index is 1150. The molecule has 0 aliphatic carbocycles. The van der Waals surface area contributed by atoms with Gasteiger partial charge in [-0.1, -0.05) is 18.2 Å². The van der Waals surface area contributed by atoms with Gasteiger partial charge in [-0.15, -0.1) is 11.8 Å². The van der Waals surface area contributed by atoms with Gasteiger partial charge in [0.25, 0.3) is 5.91 Å². The summed E-state index contributed by atoms with van der Waals surface area (Å²) in [4.78, 5) is 17.3. The standard InChI is InChI=1S/C23H24N2O5S2/c1-29-18-13-17(14-19(15-18)30-2)16-25-22(26)21-9-6-10-24-23(21)31-11-12-32(27,28)20-7-4-3-5-8-20/h3-10,13-15H,11-12,16H2,1-2H3,(H,25,26). The Hall–Kier alpha value is -3.04. The average molecular weight is 473 g/mol. The summed E-state index contributed by atoms with van der Waals surface area (Å²) in [7, 11) is -0.268. The number of carbonyl (C=O) groups is 1. The smallest absolute Gasteiger partial charge is 0.254 e. The van der Waals surface area contributed by atoms with E-state index in [9.17, 15) is 13.2 Å². The Labute approximate surface area is 192 Å². The van der Waals surface area contributed by atoms with Gasteiger partial charge in [0, 0.05) is 24.6 Å². The number of pyridine rings is 1. The van der Waals surface area contributed by atoms with Crippen LogP contribution in [0.2, 0.25) is 0 Å². The molecule has 0 spiro atoms. The van der Waals surface area contributed by atoms with E-state index in [0.717, 1.165) is 5.56 Å². The molecule has 1 amide bonds. The number of benzene rings is 2. The predicted octanol–water partition coefficient (Wildman–Crippen LogP) is 3.59. The highest BCUT2D eigenvalue weighted by atomic mass is 32.2. The van der Waals surface area contributed by atoms with Crippen LogP contribution < -0.4 is 14.8 Å². The molecule has 0 saturated heterocycles. The summed E-state index contributed by atoms with van der Waals surface area (Å²) in [6.07, 6.45) is 1.58. The Balaban J connectivity index is 1.64. The zero-order valence-electron chi connectivity index (χ0n) is 17.8. The van der Waals surface area contributed by atoms with Gasteiger partial charge in [-0.05, 0) is 42.0 Å². The zero-order chi connectivity index (χ0) is 23.0. The molecule has 168 valence electrons. The summed E-state index contributed by atoms with van der Waals surface area (Å²) < 4.78 is 35.5. The van der Waals surface area contributed by atoms with Crippen molar-refractivity contribution in [3.05, 3.63) is 78.0 Å². The normalized spacial score (nSPS) is 11.1. The first-order chi connectivity index (χ1) is 15.4. The number of thioether (sulfide) groups is 1. The first-order valence-electron chi connectivity index (χ1n) is 9.78. The van der Waals surface area contributed by atoms with E-state index in [1.165, 1.54) is 11.8 Å². The highest BCUT2D eigenvalue weighted by molar-refractivity contribution is 8.00. The number of hydrogen-bond acceptors (Lipinski definition) is 7. The average Bonchev–Trinajstić information content (AvgIpc) is 2.83. The van der Waals surface area contributed by atoms with Gasteiger partial charge in [-0.3, -0.25) is 4.79 Å². The number of sulfone groups is 1. The van der Waals surface area contributed by atoms with Crippen molar-refractivity contribution in [1.29, 1.82) is 0 Å². The van der Waals surface area contributed by atoms with E-state index in [-0.39, 0.29) is 28.9 Å². The molecular formula is C23H24N2O5S2. The number of aromatic nitrogens is 1. The summed E-state index contributed by atoms with van der Waals surface area (Å²) in [5.74, 6) is 1.19. The number of carbonyl (C=O) groups excluding carboxylic acids is 1. The summed E-state index contributed by atoms with van der Waals surface area (Å²) in [6.45, 7) is 0.272. The predicted molar refractivity (Wildman–Crippen MR) is 124 cm³/mol. The van der Waals surface area contributed by atoms with Gasteiger partial charge < -0.3 is 14.8 Å². The van der Waals surface area contributed by atoms with E-state index in [1.54, 1.807) is 68.9 Å². The van der Waals surface area contributed by atoms with Crippen molar-refractivity contribution in [2.75, 3.05) is 25.7 Å². The molecule has 0 fully saturated rings. The van der Waals surface area contributed by atoms with Crippen molar-refractivity contribution < 1.29 is 22.7 Å². The minimum atomic E-state index is -3.40. The van der Waals surface area contributed by atoms with Crippen molar-refractivity contribution in [2.24, 2.45) is 0 Å². The Morgan fingerprint density at radius 1 is 1.00 bits per heavy atom. The number of nitrogens with zero attached hydrogens (tertiary/aromatic N) is 1. The maximum absolute atomic E-state index is 12.8. The number of amides is 1. The van der Waals surface area contributed by atoms with E-state index in [4.69, 9.17) is 9.47 Å². The third-order valence-electron chi connectivity index (χ3n) is 4.57. The lowest BCUT2D eigenvalue weighted by Gasteiger charge is -2.11. The number of hydrogen-bond donors (Lipinski definition) is 1. The summed E-state index contributed by atoms with van der Waals surface area (Å²) in [5.41, 5.74) is 1.21. The van der Waals surface area contributed by atoms with Crippen molar-refractivity contribution in [1.82, 2.24) is 10.3 Å². The molecule has 0 unspecified atom stereocenters. The van der Waals surface area contributed by atoms with Gasteiger partial charge in [0.2, 0.25) is 0 Å². The van der Waals surface area contributed by atoms with Crippen LogP contribution in [0.4, 0.5) is 0 Å². The monoisotopic (exact) mass is 472 g/mol. The summed E-state index contributed by atoms with van der Waals surface area (Å²) in [6, 6.07) is 17.0. The van der Waals surface area contributed by atoms with Crippen LogP contribution in [0.1, 0.15) is 15.9 Å². The minimum Gasteiger partial charge on any atom is -0.497 e. The number of nitrogens with one attached hydrogen (secondary N) is 1. The molecule has 1 N–H and O–H groups in total. The molecule has 0 aliphatic rings. The first-order valence-corrected chi connectivity index (χ1v) is 12.4. The van der Waals surface area contributed by atoms with Crippen LogP contribution >= 0.6 is 11.8 Å². The Morgan fingerprint density at radius 2 is 1.69 bits per heavy atom. The van der Waals surface area contributed by atoms with Gasteiger partial charge in [-0.2, -0.15) is 0 Å². The molecule has 0 saturated carbocycles. The molecule has 1 heterocycles. The third kappa shape index (κ3) is 6.24. The molecule has 0 aliphatic heterocycles. The highest BCUT2D eigenvalue weighted by Crippen LogP contribution is 2.24. The SMILES string of the molecule is COc1cc(CNC(=O)c2cccnc2SCCS(=O)(=O)c2ccccc2)cc(OC)c1. The Kier molecular flexibility index (Phi) is 8.13. The van der Waals surface area contributed by atoms with E-state index in [1.807, 2.05) is 12.1 Å². The van der Waals surface area contributed by atoms with E-state index < -0.39 is 9.84 Å². The molecule has 3 rings (SSSR count). The maximum Gasteiger partial charge on any atom is 0.254 e. The zero-order valence-corrected chi connectivity index (χ0v) is 19.4. The van der Waals surface area contributed by atoms with E-state index in [0.29, 0.717) is 22.1 Å². The molecule has 7 nitrogen and oxygen atoms in total. The second kappa shape index (κ2) is 11.0. The van der Waals surface area contributed by atoms with Crippen LogP contribution in [0.25, 0.3) is 0 Å². The quantitative estimate of drug-likeness (QED) is 0.451. The van der Waals surface area contributed by atoms with Gasteiger partial charge in [0.05, 0.1) is 30.4 Å². The Morgan fingerprint density at radius 3 is 2.34 bits per heavy atom. The molecule has 0 radical (unpaired) electrons. The third-order valence-corrected chi connectivity index (χ3v) is 7.57. The van der Waals surface area contributed by atoms with Gasteiger partial charge in [0.15, 0.2) is 9.84 Å². The van der Waals surface area contributed by atoms with Gasteiger partial charge >= 0.3 is 0 Å². The van der Waals surface area contributed by atoms with Gasteiger partial charge in [-0.25, -0.2) is 13.4 Å². The molecule has 0 atom stereocenters. The first kappa shape index (κ1) is 23.6. The lowest BCUT2D eigenvalue weighted by Crippen LogP contribution is -2.23. The van der Waals surface area contributed by atoms with Crippen molar-refractivity contribution in [3.8, 4) is 11.5 Å². The van der Waals surface area contributed by atoms with E-state index in [2.05, 4.69) is 10.3 Å². The topological polar surface area (TPSA) is 94.6 Å². The van der Waals surface area contributed by atoms with Crippen LogP contribution in [0.15, 0.2) is 76.8 Å². The van der Waals surface area contributed by atoms with Crippen molar-refractivity contribution in [2.45, 2.75) is 16.5 Å². The fourth-order valence-corrected chi connectivity index (χ4v) is 5.58. The van der Waals surface area contributed by atoms with E-state index >= 15 is 0 Å². The van der Waals surface area contributed by atoms with Crippen LogP contribution in [-0.2, 0) is 16.4 Å². The van der Waals surface area contributed by atoms with Crippen molar-refractivity contribution >= 4 is 27.5 Å². The summed E-state index contributed by atoms with van der Waals surface area (Å²) in [5, 5.41) is 3.35. The van der Waals surface area contributed by atoms with Crippen LogP contribution in [0.3, 0.4) is 0 Å². The van der Waals surface area contributed by atoms with Crippen LogP contribution in [0.5, 0.6) is 11.5 Å². The fraction of sp³-hybridized carbons (Fsp3) is 0.217. The molecule has 3 aromatic rings. The summed E-state index contributed by atoms with van der Waals surface area (Å²) >= 11 is 1.24. The fourth-order valence-electron chi connectivity index (χ4n) is 2.92. The van der Waals surface area contributed by atoms with Gasteiger partial charge in [0.1, 0.15) is 16.5 Å². The molecule has 0 bridgehead atoms. The van der Waals surface area contributed by atoms with Crippen LogP contribution in [0, 0.1) is 0 Å². The number of ether oxygens (including phenoxy) is 2.